The van der Waals surface area contributed by atoms with Crippen molar-refractivity contribution in [3.8, 4) is 23.0 Å². The minimum absolute atomic E-state index is 0.0617. The number of amides is 6. The van der Waals surface area contributed by atoms with Gasteiger partial charge < -0.3 is 62.0 Å². The SMILES string of the molecule is C[C@H]1NC(=O)C(Cc2ccccc2)NC(=O)[C@H](NC(=O)[C@H](Cc2ccccc2)NC(=O)c2ccc[nH]2)[C@@H](C)OC(=O)[C@H](c2cc(O)cc(O)c2)NC(=O)[C@@H](c2cc(O)cc(O)c2)NC1=O. The second-order valence-corrected chi connectivity index (χ2v) is 15.4. The van der Waals surface area contributed by atoms with Crippen molar-refractivity contribution in [3.05, 3.63) is 143 Å². The third-order valence-electron chi connectivity index (χ3n) is 10.4. The molecule has 0 aliphatic carbocycles. The number of hydrogen-bond acceptors (Lipinski definition) is 12. The minimum Gasteiger partial charge on any atom is -0.508 e. The average Bonchev–Trinajstić information content (AvgIpc) is 3.81. The highest BCUT2D eigenvalue weighted by molar-refractivity contribution is 5.99. The van der Waals surface area contributed by atoms with Crippen molar-refractivity contribution in [3.63, 3.8) is 0 Å². The van der Waals surface area contributed by atoms with Gasteiger partial charge in [-0.3, -0.25) is 28.8 Å². The number of carbonyl (C=O) groups excluding carboxylic acids is 7. The number of benzene rings is 4. The Morgan fingerprint density at radius 2 is 1.18 bits per heavy atom. The Hall–Kier alpha value is -8.35. The molecule has 0 bridgehead atoms. The van der Waals surface area contributed by atoms with Gasteiger partial charge in [0.05, 0.1) is 0 Å². The summed E-state index contributed by atoms with van der Waals surface area (Å²) in [5.74, 6) is -8.93. The fraction of sp³-hybridized carbons (Fsp3) is 0.239. The Bertz CT molecular complexity index is 2500. The smallest absolute Gasteiger partial charge is 0.333 e. The lowest BCUT2D eigenvalue weighted by Crippen LogP contribution is -2.62. The number of nitrogens with one attached hydrogen (secondary N) is 7. The van der Waals surface area contributed by atoms with Gasteiger partial charge in [0.15, 0.2) is 6.04 Å². The van der Waals surface area contributed by atoms with E-state index in [9.17, 15) is 54.0 Å². The van der Waals surface area contributed by atoms with Crippen LogP contribution in [0.5, 0.6) is 23.0 Å². The molecule has 0 saturated carbocycles. The molecule has 5 aromatic rings. The molecule has 1 aromatic heterocycles. The first-order valence-corrected chi connectivity index (χ1v) is 20.3. The Morgan fingerprint density at radius 1 is 0.631 bits per heavy atom. The largest absolute Gasteiger partial charge is 0.508 e. The summed E-state index contributed by atoms with van der Waals surface area (Å²) in [4.78, 5) is 101. The third-order valence-corrected chi connectivity index (χ3v) is 10.4. The number of cyclic esters (lactones) is 1. The van der Waals surface area contributed by atoms with Crippen LogP contribution >= 0.6 is 0 Å². The number of phenols is 4. The van der Waals surface area contributed by atoms with E-state index in [1.165, 1.54) is 26.1 Å². The van der Waals surface area contributed by atoms with Crippen molar-refractivity contribution in [2.24, 2.45) is 0 Å². The predicted octanol–water partition coefficient (Wildman–Crippen LogP) is 1.56. The minimum atomic E-state index is -1.91. The van der Waals surface area contributed by atoms with E-state index in [2.05, 4.69) is 36.9 Å². The van der Waals surface area contributed by atoms with Crippen LogP contribution < -0.4 is 31.9 Å². The van der Waals surface area contributed by atoms with Gasteiger partial charge in [-0.2, -0.15) is 0 Å². The second-order valence-electron chi connectivity index (χ2n) is 15.4. The summed E-state index contributed by atoms with van der Waals surface area (Å²) in [5.41, 5.74) is 0.935. The van der Waals surface area contributed by atoms with Crippen LogP contribution in [0, 0.1) is 0 Å². The number of esters is 1. The van der Waals surface area contributed by atoms with Crippen LogP contribution in [0.4, 0.5) is 0 Å². The predicted molar refractivity (Wildman–Crippen MR) is 231 cm³/mol. The molecule has 0 radical (unpaired) electrons. The van der Waals surface area contributed by atoms with Gasteiger partial charge in [0.2, 0.25) is 29.5 Å². The van der Waals surface area contributed by atoms with E-state index in [4.69, 9.17) is 4.74 Å². The number of carbonyl (C=O) groups is 7. The van der Waals surface area contributed by atoms with Gasteiger partial charge in [0.25, 0.3) is 5.91 Å². The molecule has 19 heteroatoms. The zero-order valence-electron chi connectivity index (χ0n) is 35.0. The summed E-state index contributed by atoms with van der Waals surface area (Å²) >= 11 is 0. The zero-order valence-corrected chi connectivity index (χ0v) is 35.0. The van der Waals surface area contributed by atoms with Gasteiger partial charge >= 0.3 is 5.97 Å². The van der Waals surface area contributed by atoms with E-state index >= 15 is 0 Å². The quantitative estimate of drug-likeness (QED) is 0.0891. The van der Waals surface area contributed by atoms with Gasteiger partial charge in [-0.05, 0) is 72.5 Å². The van der Waals surface area contributed by atoms with Crippen molar-refractivity contribution in [1.29, 1.82) is 0 Å². The number of aromatic hydroxyl groups is 4. The number of hydrogen-bond donors (Lipinski definition) is 11. The van der Waals surface area contributed by atoms with Crippen molar-refractivity contribution in [2.45, 2.75) is 69.0 Å². The highest BCUT2D eigenvalue weighted by atomic mass is 16.5. The molecule has 4 aromatic carbocycles. The molecule has 338 valence electrons. The monoisotopic (exact) mass is 889 g/mol. The van der Waals surface area contributed by atoms with E-state index in [0.29, 0.717) is 11.1 Å². The fourth-order valence-electron chi connectivity index (χ4n) is 7.08. The number of aromatic nitrogens is 1. The molecule has 1 unspecified atom stereocenters. The Kier molecular flexibility index (Phi) is 14.7. The summed E-state index contributed by atoms with van der Waals surface area (Å²) < 4.78 is 5.81. The number of phenolic OH excluding ortho intramolecular Hbond substituents is 4. The summed E-state index contributed by atoms with van der Waals surface area (Å²) in [6.07, 6.45) is -0.311. The molecule has 65 heavy (non-hydrogen) atoms. The number of aromatic amines is 1. The molecular weight excluding hydrogens is 843 g/mol. The molecule has 11 N–H and O–H groups in total. The zero-order chi connectivity index (χ0) is 46.8. The van der Waals surface area contributed by atoms with Crippen molar-refractivity contribution in [1.82, 2.24) is 36.9 Å². The Labute approximate surface area is 371 Å². The first-order valence-electron chi connectivity index (χ1n) is 20.3. The van der Waals surface area contributed by atoms with Crippen LogP contribution in [0.25, 0.3) is 0 Å². The maximum Gasteiger partial charge on any atom is 0.333 e. The molecule has 0 spiro atoms. The lowest BCUT2D eigenvalue weighted by atomic mass is 10.0. The topological polar surface area (TPSA) is 298 Å². The molecular formula is C46H47N7O12. The van der Waals surface area contributed by atoms with E-state index in [-0.39, 0.29) is 29.7 Å². The normalized spacial score (nSPS) is 21.4. The van der Waals surface area contributed by atoms with Gasteiger partial charge in [-0.25, -0.2) is 4.79 Å². The highest BCUT2D eigenvalue weighted by Gasteiger charge is 2.39. The van der Waals surface area contributed by atoms with Gasteiger partial charge in [0.1, 0.15) is 65.0 Å². The fourth-order valence-corrected chi connectivity index (χ4v) is 7.08. The lowest BCUT2D eigenvalue weighted by Gasteiger charge is -2.31. The maximum atomic E-state index is 14.5. The molecule has 1 aliphatic heterocycles. The van der Waals surface area contributed by atoms with Crippen LogP contribution in [-0.4, -0.2) is 97.1 Å². The van der Waals surface area contributed by atoms with Crippen LogP contribution in [0.15, 0.2) is 115 Å². The second kappa shape index (κ2) is 20.7. The van der Waals surface area contributed by atoms with Gasteiger partial charge in [-0.15, -0.1) is 0 Å². The van der Waals surface area contributed by atoms with Crippen molar-refractivity contribution in [2.75, 3.05) is 0 Å². The molecule has 1 saturated heterocycles. The van der Waals surface area contributed by atoms with E-state index < -0.39 is 107 Å². The number of rotatable bonds is 10. The van der Waals surface area contributed by atoms with Crippen LogP contribution in [0.3, 0.4) is 0 Å². The van der Waals surface area contributed by atoms with Gasteiger partial charge in [0, 0.05) is 31.2 Å². The lowest BCUT2D eigenvalue weighted by molar-refractivity contribution is -0.156. The molecule has 19 nitrogen and oxygen atoms in total. The molecule has 7 atom stereocenters. The standard InChI is InChI=1S/C46H47N7O12/c1-24-40(58)52-38(28-18-30(54)22-31(55)19-28)45(63)53-39(29-20-32(56)23-33(57)21-29)46(64)65-25(2)37(44(62)50-35(42(60)48-24)16-26-10-5-3-6-11-26)51-43(61)36(17-27-12-7-4-8-13-27)49-41(59)34-14-9-15-47-34/h3-15,18-25,35-39,47,54-57H,16-17H2,1-2H3,(H,48,60)(H,49,59)(H,50,62)(H,51,61)(H,52,58)(H,53,63)/t24-,25-,35?,36+,37-,38-,39+/m1/s1. The molecule has 1 fully saturated rings. The summed E-state index contributed by atoms with van der Waals surface area (Å²) in [7, 11) is 0. The Morgan fingerprint density at radius 3 is 1.75 bits per heavy atom. The van der Waals surface area contributed by atoms with E-state index in [1.54, 1.807) is 66.7 Å². The van der Waals surface area contributed by atoms with Crippen LogP contribution in [-0.2, 0) is 46.3 Å². The van der Waals surface area contributed by atoms with Gasteiger partial charge in [-0.1, -0.05) is 60.7 Å². The maximum absolute atomic E-state index is 14.5. The molecule has 6 amide bonds. The first kappa shape index (κ1) is 46.2. The molecule has 2 heterocycles. The number of H-pyrrole nitrogens is 1. The van der Waals surface area contributed by atoms with Crippen molar-refractivity contribution < 1.29 is 58.7 Å². The van der Waals surface area contributed by atoms with E-state index in [0.717, 1.165) is 36.4 Å². The van der Waals surface area contributed by atoms with Crippen molar-refractivity contribution >= 4 is 41.4 Å². The van der Waals surface area contributed by atoms with E-state index in [1.807, 2.05) is 0 Å². The molecule has 6 rings (SSSR count). The highest BCUT2D eigenvalue weighted by Crippen LogP contribution is 2.29. The summed E-state index contributed by atoms with van der Waals surface area (Å²) in [6, 6.07) is 16.7. The average molecular weight is 890 g/mol. The first-order chi connectivity index (χ1) is 31.0. The Balaban J connectivity index is 1.43. The third kappa shape index (κ3) is 12.2. The van der Waals surface area contributed by atoms with Crippen LogP contribution in [0.2, 0.25) is 0 Å². The van der Waals surface area contributed by atoms with Crippen LogP contribution in [0.1, 0.15) is 58.7 Å². The number of ether oxygens (including phenoxy) is 1. The summed E-state index contributed by atoms with van der Waals surface area (Å²) in [5, 5.41) is 56.8. The summed E-state index contributed by atoms with van der Waals surface area (Å²) in [6.45, 7) is 2.54. The molecule has 1 aliphatic rings.